The van der Waals surface area contributed by atoms with Crippen LogP contribution in [0, 0.1) is 5.41 Å². The fourth-order valence-corrected chi connectivity index (χ4v) is 2.50. The standard InChI is InChI=1S/C16H22N2O/c1-16(2,3)15(19-4)14(17)12-8-7-11-6-5-9-18-13(11)10-12/h5-10,14-15H,17H2,1-4H3. The summed E-state index contributed by atoms with van der Waals surface area (Å²) in [5.74, 6) is 0. The Hall–Kier alpha value is -1.45. The molecule has 0 fully saturated rings. The van der Waals surface area contributed by atoms with E-state index in [0.29, 0.717) is 0 Å². The molecule has 2 atom stereocenters. The van der Waals surface area contributed by atoms with Gasteiger partial charge >= 0.3 is 0 Å². The van der Waals surface area contributed by atoms with E-state index in [1.54, 1.807) is 13.3 Å². The predicted octanol–water partition coefficient (Wildman–Crippen LogP) is 3.30. The van der Waals surface area contributed by atoms with Gasteiger partial charge in [0.2, 0.25) is 0 Å². The highest BCUT2D eigenvalue weighted by Gasteiger charge is 2.31. The maximum atomic E-state index is 6.37. The van der Waals surface area contributed by atoms with Gasteiger partial charge < -0.3 is 10.5 Å². The summed E-state index contributed by atoms with van der Waals surface area (Å²) >= 11 is 0. The lowest BCUT2D eigenvalue weighted by molar-refractivity contribution is -0.00241. The molecule has 0 saturated carbocycles. The minimum atomic E-state index is -0.156. The fourth-order valence-electron chi connectivity index (χ4n) is 2.50. The molecular weight excluding hydrogens is 236 g/mol. The quantitative estimate of drug-likeness (QED) is 0.919. The highest BCUT2D eigenvalue weighted by molar-refractivity contribution is 5.79. The molecule has 2 unspecified atom stereocenters. The molecule has 3 nitrogen and oxygen atoms in total. The van der Waals surface area contributed by atoms with Crippen LogP contribution >= 0.6 is 0 Å². The van der Waals surface area contributed by atoms with Crippen molar-refractivity contribution in [3.05, 3.63) is 42.1 Å². The highest BCUT2D eigenvalue weighted by atomic mass is 16.5. The zero-order valence-electron chi connectivity index (χ0n) is 12.1. The minimum absolute atomic E-state index is 0.00671. The van der Waals surface area contributed by atoms with E-state index in [1.165, 1.54) is 0 Å². The largest absolute Gasteiger partial charge is 0.379 e. The molecule has 0 bridgehead atoms. The van der Waals surface area contributed by atoms with Gasteiger partial charge in [-0.25, -0.2) is 0 Å². The lowest BCUT2D eigenvalue weighted by Crippen LogP contribution is -2.38. The molecule has 0 aliphatic carbocycles. The third-order valence-corrected chi connectivity index (χ3v) is 3.45. The number of ether oxygens (including phenoxy) is 1. The maximum Gasteiger partial charge on any atom is 0.0811 e. The molecule has 1 heterocycles. The van der Waals surface area contributed by atoms with Crippen LogP contribution in [0.5, 0.6) is 0 Å². The molecule has 3 heteroatoms. The number of rotatable bonds is 3. The van der Waals surface area contributed by atoms with Gasteiger partial charge in [-0.3, -0.25) is 4.98 Å². The summed E-state index contributed by atoms with van der Waals surface area (Å²) in [5, 5.41) is 1.13. The van der Waals surface area contributed by atoms with Crippen LogP contribution in [0.2, 0.25) is 0 Å². The summed E-state index contributed by atoms with van der Waals surface area (Å²) in [6, 6.07) is 10.0. The zero-order chi connectivity index (χ0) is 14.0. The molecule has 2 N–H and O–H groups in total. The third kappa shape index (κ3) is 2.94. The van der Waals surface area contributed by atoms with Gasteiger partial charge in [-0.2, -0.15) is 0 Å². The number of hydrogen-bond acceptors (Lipinski definition) is 3. The van der Waals surface area contributed by atoms with Crippen LogP contribution in [-0.4, -0.2) is 18.2 Å². The van der Waals surface area contributed by atoms with E-state index >= 15 is 0 Å². The first kappa shape index (κ1) is 14.0. The van der Waals surface area contributed by atoms with Crippen LogP contribution in [0.15, 0.2) is 36.5 Å². The molecule has 1 aromatic carbocycles. The smallest absolute Gasteiger partial charge is 0.0811 e. The first-order chi connectivity index (χ1) is 8.93. The van der Waals surface area contributed by atoms with Crippen molar-refractivity contribution in [2.75, 3.05) is 7.11 Å². The van der Waals surface area contributed by atoms with Gasteiger partial charge in [0.1, 0.15) is 0 Å². The van der Waals surface area contributed by atoms with Crippen molar-refractivity contribution >= 4 is 10.9 Å². The molecule has 2 rings (SSSR count). The Morgan fingerprint density at radius 3 is 2.58 bits per heavy atom. The number of pyridine rings is 1. The molecule has 0 spiro atoms. The molecule has 0 aliphatic rings. The molecule has 19 heavy (non-hydrogen) atoms. The summed E-state index contributed by atoms with van der Waals surface area (Å²) < 4.78 is 5.60. The summed E-state index contributed by atoms with van der Waals surface area (Å²) in [6.07, 6.45) is 1.77. The summed E-state index contributed by atoms with van der Waals surface area (Å²) in [4.78, 5) is 4.38. The summed E-state index contributed by atoms with van der Waals surface area (Å²) in [7, 11) is 1.72. The Labute approximate surface area is 114 Å². The van der Waals surface area contributed by atoms with Crippen LogP contribution < -0.4 is 5.73 Å². The van der Waals surface area contributed by atoms with Crippen LogP contribution in [0.1, 0.15) is 32.4 Å². The Bertz CT molecular complexity index is 560. The van der Waals surface area contributed by atoms with E-state index < -0.39 is 0 Å². The number of aromatic nitrogens is 1. The van der Waals surface area contributed by atoms with E-state index in [1.807, 2.05) is 6.07 Å². The molecule has 1 aromatic heterocycles. The van der Waals surface area contributed by atoms with Gasteiger partial charge in [0.15, 0.2) is 0 Å². The lowest BCUT2D eigenvalue weighted by atomic mass is 9.82. The molecule has 0 amide bonds. The van der Waals surface area contributed by atoms with Crippen LogP contribution in [0.3, 0.4) is 0 Å². The van der Waals surface area contributed by atoms with Gasteiger partial charge in [0.05, 0.1) is 17.7 Å². The van der Waals surface area contributed by atoms with Crippen molar-refractivity contribution in [1.82, 2.24) is 4.98 Å². The van der Waals surface area contributed by atoms with Crippen molar-refractivity contribution in [2.45, 2.75) is 32.9 Å². The van der Waals surface area contributed by atoms with Crippen LogP contribution in [0.4, 0.5) is 0 Å². The Morgan fingerprint density at radius 2 is 1.95 bits per heavy atom. The number of hydrogen-bond donors (Lipinski definition) is 1. The molecular formula is C16H22N2O. The van der Waals surface area contributed by atoms with Gasteiger partial charge in [0.25, 0.3) is 0 Å². The van der Waals surface area contributed by atoms with E-state index in [-0.39, 0.29) is 17.6 Å². The molecule has 0 radical (unpaired) electrons. The van der Waals surface area contributed by atoms with E-state index in [0.717, 1.165) is 16.5 Å². The minimum Gasteiger partial charge on any atom is -0.379 e. The molecule has 0 aliphatic heterocycles. The first-order valence-electron chi connectivity index (χ1n) is 6.56. The summed E-state index contributed by atoms with van der Waals surface area (Å²) in [6.45, 7) is 6.42. The normalized spacial score (nSPS) is 15.4. The average molecular weight is 258 g/mol. The van der Waals surface area contributed by atoms with Crippen molar-refractivity contribution in [3.8, 4) is 0 Å². The number of benzene rings is 1. The monoisotopic (exact) mass is 258 g/mol. The first-order valence-corrected chi connectivity index (χ1v) is 6.56. The Kier molecular flexibility index (Phi) is 3.88. The average Bonchev–Trinajstić information content (AvgIpc) is 2.37. The lowest BCUT2D eigenvalue weighted by Gasteiger charge is -2.34. The molecule has 0 saturated heterocycles. The highest BCUT2D eigenvalue weighted by Crippen LogP contribution is 2.31. The van der Waals surface area contributed by atoms with Crippen molar-refractivity contribution < 1.29 is 4.74 Å². The van der Waals surface area contributed by atoms with Gasteiger partial charge in [-0.15, -0.1) is 0 Å². The maximum absolute atomic E-state index is 6.37. The van der Waals surface area contributed by atoms with Gasteiger partial charge in [-0.05, 0) is 23.1 Å². The van der Waals surface area contributed by atoms with Crippen molar-refractivity contribution in [1.29, 1.82) is 0 Å². The second-order valence-corrected chi connectivity index (χ2v) is 6.00. The predicted molar refractivity (Wildman–Crippen MR) is 78.9 cm³/mol. The number of nitrogens with two attached hydrogens (primary N) is 1. The number of methoxy groups -OCH3 is 1. The van der Waals surface area contributed by atoms with Gasteiger partial charge in [0, 0.05) is 18.7 Å². The van der Waals surface area contributed by atoms with E-state index in [2.05, 4.69) is 50.0 Å². The van der Waals surface area contributed by atoms with Crippen LogP contribution in [-0.2, 0) is 4.74 Å². The van der Waals surface area contributed by atoms with Crippen molar-refractivity contribution in [2.24, 2.45) is 11.1 Å². The Morgan fingerprint density at radius 1 is 1.21 bits per heavy atom. The third-order valence-electron chi connectivity index (χ3n) is 3.45. The molecule has 2 aromatic rings. The second kappa shape index (κ2) is 5.27. The zero-order valence-corrected chi connectivity index (χ0v) is 12.1. The van der Waals surface area contributed by atoms with E-state index in [4.69, 9.17) is 10.5 Å². The second-order valence-electron chi connectivity index (χ2n) is 6.00. The molecule has 102 valence electrons. The van der Waals surface area contributed by atoms with Crippen molar-refractivity contribution in [3.63, 3.8) is 0 Å². The Balaban J connectivity index is 2.38. The number of nitrogens with zero attached hydrogens (tertiary/aromatic N) is 1. The SMILES string of the molecule is COC(C(N)c1ccc2cccnc2c1)C(C)(C)C. The number of fused-ring (bicyclic) bond motifs is 1. The fraction of sp³-hybridized carbons (Fsp3) is 0.438. The summed E-state index contributed by atoms with van der Waals surface area (Å²) in [5.41, 5.74) is 8.40. The van der Waals surface area contributed by atoms with E-state index in [9.17, 15) is 0 Å². The van der Waals surface area contributed by atoms with Crippen LogP contribution in [0.25, 0.3) is 10.9 Å². The topological polar surface area (TPSA) is 48.1 Å². The van der Waals surface area contributed by atoms with Gasteiger partial charge in [-0.1, -0.05) is 39.0 Å².